The molecule has 0 saturated carbocycles. The molecular weight excluding hydrogens is 616 g/mol. The van der Waals surface area contributed by atoms with E-state index in [0.717, 1.165) is 14.6 Å². The molecule has 1 fully saturated rings. The van der Waals surface area contributed by atoms with Gasteiger partial charge in [0.05, 0.1) is 17.3 Å². The van der Waals surface area contributed by atoms with Crippen LogP contribution in [0.2, 0.25) is 0 Å². The van der Waals surface area contributed by atoms with E-state index in [2.05, 4.69) is 47.5 Å². The second-order valence-electron chi connectivity index (χ2n) is 9.54. The number of carbonyl (C=O) groups excluding carboxylic acids is 2. The SMILES string of the molecule is CC(C)(NC(=O)c1ccc(=O)n(-c2cccc(Br)c2)c1)c1cn(C2CCN(c3ccc(Br)cc3)C2=O)nn1. The summed E-state index contributed by atoms with van der Waals surface area (Å²) >= 11 is 6.83. The predicted molar refractivity (Wildman–Crippen MR) is 150 cm³/mol. The zero-order chi connectivity index (χ0) is 27.0. The molecule has 1 aliphatic rings. The Labute approximate surface area is 235 Å². The average Bonchev–Trinajstić information content (AvgIpc) is 3.52. The number of nitrogens with one attached hydrogen (secondary N) is 1. The van der Waals surface area contributed by atoms with Crippen LogP contribution in [0, 0.1) is 0 Å². The van der Waals surface area contributed by atoms with Crippen LogP contribution in [-0.4, -0.2) is 37.9 Å². The van der Waals surface area contributed by atoms with Crippen molar-refractivity contribution >= 4 is 49.4 Å². The quantitative estimate of drug-likeness (QED) is 0.332. The van der Waals surface area contributed by atoms with E-state index < -0.39 is 11.6 Å². The Balaban J connectivity index is 1.32. The normalized spacial score (nSPS) is 15.6. The van der Waals surface area contributed by atoms with Crippen molar-refractivity contribution in [2.75, 3.05) is 11.4 Å². The molecule has 5 rings (SSSR count). The lowest BCUT2D eigenvalue weighted by molar-refractivity contribution is -0.120. The van der Waals surface area contributed by atoms with Gasteiger partial charge in [0.2, 0.25) is 0 Å². The summed E-state index contributed by atoms with van der Waals surface area (Å²) in [7, 11) is 0. The largest absolute Gasteiger partial charge is 0.341 e. The number of amides is 2. The van der Waals surface area contributed by atoms with Crippen LogP contribution < -0.4 is 15.8 Å². The number of aromatic nitrogens is 4. The minimum atomic E-state index is -0.890. The smallest absolute Gasteiger partial charge is 0.255 e. The fourth-order valence-corrected chi connectivity index (χ4v) is 5.02. The first-order chi connectivity index (χ1) is 18.1. The number of rotatable bonds is 6. The van der Waals surface area contributed by atoms with E-state index in [1.807, 2.05) is 50.2 Å². The molecular formula is C27H24Br2N6O3. The first-order valence-corrected chi connectivity index (χ1v) is 13.5. The summed E-state index contributed by atoms with van der Waals surface area (Å²) in [4.78, 5) is 40.5. The minimum Gasteiger partial charge on any atom is -0.341 e. The van der Waals surface area contributed by atoms with Gasteiger partial charge in [-0.2, -0.15) is 0 Å². The van der Waals surface area contributed by atoms with Crippen molar-refractivity contribution in [2.45, 2.75) is 31.8 Å². The summed E-state index contributed by atoms with van der Waals surface area (Å²) in [6.07, 6.45) is 3.82. The van der Waals surface area contributed by atoms with Gasteiger partial charge in [0.25, 0.3) is 17.4 Å². The van der Waals surface area contributed by atoms with E-state index in [4.69, 9.17) is 0 Å². The van der Waals surface area contributed by atoms with Gasteiger partial charge >= 0.3 is 0 Å². The van der Waals surface area contributed by atoms with Crippen molar-refractivity contribution in [3.8, 4) is 5.69 Å². The van der Waals surface area contributed by atoms with Crippen molar-refractivity contribution in [2.24, 2.45) is 0 Å². The third-order valence-corrected chi connectivity index (χ3v) is 7.49. The Bertz CT molecular complexity index is 1580. The van der Waals surface area contributed by atoms with Gasteiger partial charge in [-0.25, -0.2) is 4.68 Å². The van der Waals surface area contributed by atoms with Gasteiger partial charge in [-0.05, 0) is 68.8 Å². The lowest BCUT2D eigenvalue weighted by Crippen LogP contribution is -2.41. The van der Waals surface area contributed by atoms with E-state index in [-0.39, 0.29) is 17.4 Å². The Morgan fingerprint density at radius 3 is 2.47 bits per heavy atom. The molecule has 11 heteroatoms. The first-order valence-electron chi connectivity index (χ1n) is 11.9. The van der Waals surface area contributed by atoms with Gasteiger partial charge in [-0.3, -0.25) is 19.0 Å². The summed E-state index contributed by atoms with van der Waals surface area (Å²) in [5.41, 5.74) is 1.17. The van der Waals surface area contributed by atoms with Crippen LogP contribution in [0.15, 0.2) is 86.8 Å². The topological polar surface area (TPSA) is 102 Å². The highest BCUT2D eigenvalue weighted by atomic mass is 79.9. The highest BCUT2D eigenvalue weighted by Crippen LogP contribution is 2.30. The number of hydrogen-bond donors (Lipinski definition) is 1. The molecule has 2 aromatic heterocycles. The maximum atomic E-state index is 13.2. The molecule has 2 aromatic carbocycles. The van der Waals surface area contributed by atoms with Crippen LogP contribution in [0.25, 0.3) is 5.69 Å². The zero-order valence-electron chi connectivity index (χ0n) is 20.6. The van der Waals surface area contributed by atoms with Crippen LogP contribution in [-0.2, 0) is 10.3 Å². The Morgan fingerprint density at radius 1 is 0.974 bits per heavy atom. The lowest BCUT2D eigenvalue weighted by Gasteiger charge is -2.24. The second kappa shape index (κ2) is 10.3. The number of pyridine rings is 1. The highest BCUT2D eigenvalue weighted by molar-refractivity contribution is 9.10. The van der Waals surface area contributed by atoms with E-state index >= 15 is 0 Å². The molecule has 1 aliphatic heterocycles. The van der Waals surface area contributed by atoms with E-state index in [1.54, 1.807) is 27.9 Å². The summed E-state index contributed by atoms with van der Waals surface area (Å²) < 4.78 is 4.76. The molecule has 1 saturated heterocycles. The minimum absolute atomic E-state index is 0.0552. The molecule has 9 nitrogen and oxygen atoms in total. The van der Waals surface area contributed by atoms with Crippen LogP contribution in [0.3, 0.4) is 0 Å². The van der Waals surface area contributed by atoms with Crippen LogP contribution in [0.1, 0.15) is 42.4 Å². The van der Waals surface area contributed by atoms with Gasteiger partial charge in [0.15, 0.2) is 0 Å². The Hall–Kier alpha value is -3.57. The van der Waals surface area contributed by atoms with Gasteiger partial charge < -0.3 is 10.2 Å². The molecule has 4 aromatic rings. The monoisotopic (exact) mass is 638 g/mol. The molecule has 2 amide bonds. The summed E-state index contributed by atoms with van der Waals surface area (Å²) in [5, 5.41) is 11.5. The third-order valence-electron chi connectivity index (χ3n) is 6.47. The standard InChI is InChI=1S/C27H24Br2N6O3/c1-27(2,30-25(37)17-6-11-24(36)34(15-17)21-5-3-4-19(29)14-21)23-16-35(32-31-23)22-12-13-33(26(22)38)20-9-7-18(28)8-10-20/h3-11,14-16,22H,12-13H2,1-2H3,(H,30,37). The van der Waals surface area contributed by atoms with E-state index in [0.29, 0.717) is 29.9 Å². The molecule has 0 bridgehead atoms. The van der Waals surface area contributed by atoms with Crippen LogP contribution in [0.4, 0.5) is 5.69 Å². The average molecular weight is 640 g/mol. The molecule has 194 valence electrons. The first kappa shape index (κ1) is 26.1. The van der Waals surface area contributed by atoms with Crippen molar-refractivity contribution in [3.63, 3.8) is 0 Å². The molecule has 1 atom stereocenters. The lowest BCUT2D eigenvalue weighted by atomic mass is 10.0. The van der Waals surface area contributed by atoms with Crippen molar-refractivity contribution in [3.05, 3.63) is 104 Å². The zero-order valence-corrected chi connectivity index (χ0v) is 23.8. The van der Waals surface area contributed by atoms with Gasteiger partial charge in [-0.15, -0.1) is 5.10 Å². The van der Waals surface area contributed by atoms with Gasteiger partial charge in [0.1, 0.15) is 11.7 Å². The molecule has 0 spiro atoms. The summed E-state index contributed by atoms with van der Waals surface area (Å²) in [6.45, 7) is 4.20. The second-order valence-corrected chi connectivity index (χ2v) is 11.4. The molecule has 1 N–H and O–H groups in total. The Morgan fingerprint density at radius 2 is 1.74 bits per heavy atom. The van der Waals surface area contributed by atoms with Crippen LogP contribution >= 0.6 is 31.9 Å². The van der Waals surface area contributed by atoms with Gasteiger partial charge in [0, 0.05) is 39.1 Å². The number of carbonyl (C=O) groups is 2. The van der Waals surface area contributed by atoms with Crippen molar-refractivity contribution < 1.29 is 9.59 Å². The van der Waals surface area contributed by atoms with Crippen molar-refractivity contribution in [1.82, 2.24) is 24.9 Å². The number of nitrogens with zero attached hydrogens (tertiary/aromatic N) is 5. The van der Waals surface area contributed by atoms with Crippen LogP contribution in [0.5, 0.6) is 0 Å². The van der Waals surface area contributed by atoms with Crippen molar-refractivity contribution in [1.29, 1.82) is 0 Å². The molecule has 38 heavy (non-hydrogen) atoms. The number of hydrogen-bond acceptors (Lipinski definition) is 5. The molecule has 3 heterocycles. The fraction of sp³-hybridized carbons (Fsp3) is 0.222. The molecule has 1 unspecified atom stereocenters. The molecule has 0 aliphatic carbocycles. The molecule has 0 radical (unpaired) electrons. The third kappa shape index (κ3) is 5.21. The fourth-order valence-electron chi connectivity index (χ4n) is 4.37. The van der Waals surface area contributed by atoms with E-state index in [9.17, 15) is 14.4 Å². The number of benzene rings is 2. The number of halogens is 2. The highest BCUT2D eigenvalue weighted by Gasteiger charge is 2.36. The van der Waals surface area contributed by atoms with E-state index in [1.165, 1.54) is 22.9 Å². The van der Waals surface area contributed by atoms with Gasteiger partial charge in [-0.1, -0.05) is 43.1 Å². The maximum Gasteiger partial charge on any atom is 0.255 e. The summed E-state index contributed by atoms with van der Waals surface area (Å²) in [6, 6.07) is 17.3. The number of anilines is 1. The Kier molecular flexibility index (Phi) is 7.06. The maximum absolute atomic E-state index is 13.2. The predicted octanol–water partition coefficient (Wildman–Crippen LogP) is 4.60. The summed E-state index contributed by atoms with van der Waals surface area (Å²) in [5.74, 6) is -0.424.